The van der Waals surface area contributed by atoms with Gasteiger partial charge in [0, 0.05) is 17.8 Å². The van der Waals surface area contributed by atoms with Crippen LogP contribution in [-0.4, -0.2) is 29.7 Å². The minimum Gasteiger partial charge on any atom is -0.383 e. The van der Waals surface area contributed by atoms with Crippen LogP contribution in [0.4, 0.5) is 5.82 Å². The van der Waals surface area contributed by atoms with E-state index in [0.29, 0.717) is 22.9 Å². The first kappa shape index (κ1) is 14.0. The second-order valence-electron chi connectivity index (χ2n) is 4.99. The normalized spacial score (nSPS) is 11.0. The summed E-state index contributed by atoms with van der Waals surface area (Å²) in [4.78, 5) is 28.7. The lowest BCUT2D eigenvalue weighted by atomic mass is 10.2. The van der Waals surface area contributed by atoms with Crippen molar-refractivity contribution in [3.8, 4) is 11.5 Å². The van der Waals surface area contributed by atoms with Crippen LogP contribution in [0.2, 0.25) is 0 Å². The van der Waals surface area contributed by atoms with Crippen LogP contribution in [0.1, 0.15) is 5.82 Å². The molecule has 24 heavy (non-hydrogen) atoms. The number of nitrogens with zero attached hydrogens (tertiary/aromatic N) is 6. The summed E-state index contributed by atoms with van der Waals surface area (Å²) in [7, 11) is 0. The summed E-state index contributed by atoms with van der Waals surface area (Å²) in [6.45, 7) is 0.0588. The third kappa shape index (κ3) is 2.37. The maximum Gasteiger partial charge on any atom is 0.442 e. The highest BCUT2D eigenvalue weighted by molar-refractivity contribution is 5.87. The molecule has 4 aromatic rings. The molecule has 2 N–H and O–H groups in total. The first-order valence-corrected chi connectivity index (χ1v) is 7.06. The van der Waals surface area contributed by atoms with E-state index in [9.17, 15) is 4.79 Å². The summed E-state index contributed by atoms with van der Waals surface area (Å²) in [6, 6.07) is 7.38. The molecule has 0 spiro atoms. The topological polar surface area (TPSA) is 126 Å². The number of benzene rings is 1. The summed E-state index contributed by atoms with van der Waals surface area (Å²) in [5.74, 6) is 0.345. The van der Waals surface area contributed by atoms with E-state index in [0.717, 1.165) is 5.39 Å². The van der Waals surface area contributed by atoms with Crippen molar-refractivity contribution in [3.05, 3.63) is 59.2 Å². The molecule has 118 valence electrons. The van der Waals surface area contributed by atoms with Crippen LogP contribution < -0.4 is 11.5 Å². The Morgan fingerprint density at radius 2 is 2.04 bits per heavy atom. The Morgan fingerprint density at radius 3 is 2.88 bits per heavy atom. The highest BCUT2D eigenvalue weighted by Gasteiger charge is 2.16. The molecule has 0 fully saturated rings. The lowest BCUT2D eigenvalue weighted by molar-refractivity contribution is 0.377. The number of anilines is 1. The molecule has 3 aromatic heterocycles. The number of fused-ring (bicyclic) bond motifs is 1. The minimum absolute atomic E-state index is 0.0588. The predicted molar refractivity (Wildman–Crippen MR) is 84.8 cm³/mol. The molecule has 0 atom stereocenters. The maximum atomic E-state index is 12.0. The molecule has 0 unspecified atom stereocenters. The number of nitrogens with two attached hydrogens (primary N) is 1. The Kier molecular flexibility index (Phi) is 3.23. The van der Waals surface area contributed by atoms with E-state index < -0.39 is 5.76 Å². The van der Waals surface area contributed by atoms with Gasteiger partial charge in [0.05, 0.1) is 18.3 Å². The smallest absolute Gasteiger partial charge is 0.383 e. The molecule has 0 aliphatic heterocycles. The maximum absolute atomic E-state index is 12.0. The van der Waals surface area contributed by atoms with Crippen LogP contribution in [0.3, 0.4) is 0 Å². The minimum atomic E-state index is -0.633. The fraction of sp³-hybridized carbons (Fsp3) is 0.0667. The van der Waals surface area contributed by atoms with E-state index in [4.69, 9.17) is 10.3 Å². The zero-order valence-corrected chi connectivity index (χ0v) is 12.3. The van der Waals surface area contributed by atoms with Crippen molar-refractivity contribution in [1.82, 2.24) is 29.7 Å². The van der Waals surface area contributed by atoms with Gasteiger partial charge >= 0.3 is 5.76 Å². The molecule has 0 aliphatic carbocycles. The second-order valence-corrected chi connectivity index (χ2v) is 4.99. The molecule has 0 amide bonds. The SMILES string of the molecule is Nc1nc(Cn2c(-c3cnccn3)noc2=O)nc2ccccc12. The van der Waals surface area contributed by atoms with Gasteiger partial charge in [0.15, 0.2) is 5.82 Å². The lowest BCUT2D eigenvalue weighted by Crippen LogP contribution is -2.18. The molecule has 0 aliphatic rings. The van der Waals surface area contributed by atoms with Gasteiger partial charge in [-0.25, -0.2) is 24.3 Å². The van der Waals surface area contributed by atoms with E-state index in [2.05, 4.69) is 25.1 Å². The van der Waals surface area contributed by atoms with Crippen molar-refractivity contribution in [3.63, 3.8) is 0 Å². The highest BCUT2D eigenvalue weighted by Crippen LogP contribution is 2.18. The van der Waals surface area contributed by atoms with Gasteiger partial charge in [-0.15, -0.1) is 0 Å². The molecule has 0 saturated carbocycles. The quantitative estimate of drug-likeness (QED) is 0.589. The molecule has 9 nitrogen and oxygen atoms in total. The van der Waals surface area contributed by atoms with Gasteiger partial charge in [-0.1, -0.05) is 17.3 Å². The van der Waals surface area contributed by atoms with Crippen molar-refractivity contribution in [2.24, 2.45) is 0 Å². The van der Waals surface area contributed by atoms with Crippen LogP contribution in [0, 0.1) is 0 Å². The lowest BCUT2D eigenvalue weighted by Gasteiger charge is -2.06. The Bertz CT molecular complexity index is 1070. The standard InChI is InChI=1S/C15H11N7O2/c16-13-9-3-1-2-4-10(9)19-12(20-13)8-22-14(21-24-15(22)23)11-7-17-5-6-18-11/h1-7H,8H2,(H2,16,19,20). The molecule has 4 rings (SSSR count). The first-order chi connectivity index (χ1) is 11.7. The van der Waals surface area contributed by atoms with Gasteiger partial charge in [-0.3, -0.25) is 9.51 Å². The molecular weight excluding hydrogens is 310 g/mol. The van der Waals surface area contributed by atoms with Crippen molar-refractivity contribution in [2.75, 3.05) is 5.73 Å². The largest absolute Gasteiger partial charge is 0.442 e. The molecule has 9 heteroatoms. The van der Waals surface area contributed by atoms with Crippen LogP contribution in [0.15, 0.2) is 52.2 Å². The van der Waals surface area contributed by atoms with Crippen molar-refractivity contribution in [2.45, 2.75) is 6.54 Å². The van der Waals surface area contributed by atoms with E-state index >= 15 is 0 Å². The van der Waals surface area contributed by atoms with Crippen LogP contribution in [0.5, 0.6) is 0 Å². The molecule has 3 heterocycles. The van der Waals surface area contributed by atoms with Gasteiger partial charge in [-0.05, 0) is 12.1 Å². The number of nitrogen functional groups attached to an aromatic ring is 1. The third-order valence-electron chi connectivity index (χ3n) is 3.46. The summed E-state index contributed by atoms with van der Waals surface area (Å²) in [5, 5.41) is 4.51. The van der Waals surface area contributed by atoms with Gasteiger partial charge in [0.1, 0.15) is 11.5 Å². The number of aromatic nitrogens is 6. The Balaban J connectivity index is 1.79. The van der Waals surface area contributed by atoms with Crippen LogP contribution in [0.25, 0.3) is 22.4 Å². The Labute approximate surface area is 134 Å². The average Bonchev–Trinajstić information content (AvgIpc) is 2.96. The first-order valence-electron chi connectivity index (χ1n) is 7.06. The average molecular weight is 321 g/mol. The van der Waals surface area contributed by atoms with Crippen molar-refractivity contribution >= 4 is 16.7 Å². The summed E-state index contributed by atoms with van der Waals surface area (Å²) in [5.41, 5.74) is 7.09. The summed E-state index contributed by atoms with van der Waals surface area (Å²) >= 11 is 0. The third-order valence-corrected chi connectivity index (χ3v) is 3.46. The summed E-state index contributed by atoms with van der Waals surface area (Å²) < 4.78 is 6.03. The fourth-order valence-electron chi connectivity index (χ4n) is 2.37. The number of rotatable bonds is 3. The summed E-state index contributed by atoms with van der Waals surface area (Å²) in [6.07, 6.45) is 4.52. The molecule has 1 aromatic carbocycles. The van der Waals surface area contributed by atoms with E-state index in [1.54, 1.807) is 0 Å². The number of hydrogen-bond acceptors (Lipinski definition) is 8. The van der Waals surface area contributed by atoms with Gasteiger partial charge in [0.2, 0.25) is 5.82 Å². The van der Waals surface area contributed by atoms with E-state index in [-0.39, 0.29) is 12.4 Å². The van der Waals surface area contributed by atoms with Gasteiger partial charge in [0.25, 0.3) is 0 Å². The Hall–Kier alpha value is -3.62. The van der Waals surface area contributed by atoms with E-state index in [1.807, 2.05) is 24.3 Å². The number of para-hydroxylation sites is 1. The van der Waals surface area contributed by atoms with Crippen LogP contribution in [-0.2, 0) is 6.54 Å². The Morgan fingerprint density at radius 1 is 1.17 bits per heavy atom. The monoisotopic (exact) mass is 321 g/mol. The molecular formula is C15H11N7O2. The predicted octanol–water partition coefficient (Wildman–Crippen LogP) is 0.867. The molecule has 0 radical (unpaired) electrons. The molecule has 0 bridgehead atoms. The zero-order valence-electron chi connectivity index (χ0n) is 12.3. The van der Waals surface area contributed by atoms with E-state index in [1.165, 1.54) is 23.2 Å². The van der Waals surface area contributed by atoms with Crippen molar-refractivity contribution in [1.29, 1.82) is 0 Å². The van der Waals surface area contributed by atoms with Crippen molar-refractivity contribution < 1.29 is 4.52 Å². The van der Waals surface area contributed by atoms with Gasteiger partial charge < -0.3 is 5.73 Å². The fourth-order valence-corrected chi connectivity index (χ4v) is 2.37. The van der Waals surface area contributed by atoms with Crippen LogP contribution >= 0.6 is 0 Å². The van der Waals surface area contributed by atoms with Gasteiger partial charge in [-0.2, -0.15) is 0 Å². The number of hydrogen-bond donors (Lipinski definition) is 1. The second kappa shape index (κ2) is 5.54. The highest BCUT2D eigenvalue weighted by atomic mass is 16.5. The molecule has 0 saturated heterocycles. The zero-order chi connectivity index (χ0) is 16.5.